The molecule has 0 heterocycles. The van der Waals surface area contributed by atoms with Gasteiger partial charge < -0.3 is 0 Å². The third-order valence-electron chi connectivity index (χ3n) is 1.21. The standard InChI is InChI=1S/C7H7FO3S2/c8-6-12-11-13(9,10)7-4-2-1-3-5-7/h1-5H,6H2. The van der Waals surface area contributed by atoms with Crippen LogP contribution in [0.25, 0.3) is 0 Å². The highest BCUT2D eigenvalue weighted by Gasteiger charge is 2.14. The van der Waals surface area contributed by atoms with Crippen molar-refractivity contribution in [3.8, 4) is 0 Å². The first-order chi connectivity index (χ1) is 6.17. The van der Waals surface area contributed by atoms with E-state index in [1.165, 1.54) is 12.1 Å². The van der Waals surface area contributed by atoms with Gasteiger partial charge in [0.15, 0.2) is 6.01 Å². The van der Waals surface area contributed by atoms with Crippen molar-refractivity contribution < 1.29 is 16.4 Å². The van der Waals surface area contributed by atoms with E-state index in [4.69, 9.17) is 0 Å². The zero-order valence-corrected chi connectivity index (χ0v) is 8.15. The lowest BCUT2D eigenvalue weighted by Crippen LogP contribution is -2.00. The second-order valence-electron chi connectivity index (χ2n) is 2.06. The van der Waals surface area contributed by atoms with Crippen molar-refractivity contribution in [2.45, 2.75) is 4.90 Å². The van der Waals surface area contributed by atoms with E-state index < -0.39 is 16.1 Å². The van der Waals surface area contributed by atoms with Crippen molar-refractivity contribution in [2.24, 2.45) is 0 Å². The largest absolute Gasteiger partial charge is 0.307 e. The van der Waals surface area contributed by atoms with Crippen LogP contribution in [0.3, 0.4) is 0 Å². The Balaban J connectivity index is 2.83. The third-order valence-corrected chi connectivity index (χ3v) is 3.25. The summed E-state index contributed by atoms with van der Waals surface area (Å²) in [6, 6.07) is 6.68. The summed E-state index contributed by atoms with van der Waals surface area (Å²) in [7, 11) is -3.80. The van der Waals surface area contributed by atoms with Crippen LogP contribution in [0.1, 0.15) is 0 Å². The quantitative estimate of drug-likeness (QED) is 0.730. The van der Waals surface area contributed by atoms with E-state index in [1.54, 1.807) is 18.2 Å². The van der Waals surface area contributed by atoms with Crippen LogP contribution >= 0.6 is 12.0 Å². The van der Waals surface area contributed by atoms with Crippen LogP contribution in [0.4, 0.5) is 4.39 Å². The monoisotopic (exact) mass is 222 g/mol. The van der Waals surface area contributed by atoms with Crippen LogP contribution in [0.15, 0.2) is 35.2 Å². The van der Waals surface area contributed by atoms with Gasteiger partial charge in [-0.3, -0.25) is 0 Å². The highest BCUT2D eigenvalue weighted by Crippen LogP contribution is 2.17. The lowest BCUT2D eigenvalue weighted by molar-refractivity contribution is 0.508. The van der Waals surface area contributed by atoms with Crippen LogP contribution in [-0.2, 0) is 13.7 Å². The van der Waals surface area contributed by atoms with Crippen molar-refractivity contribution in [3.05, 3.63) is 30.3 Å². The predicted molar refractivity (Wildman–Crippen MR) is 48.3 cm³/mol. The van der Waals surface area contributed by atoms with E-state index in [0.29, 0.717) is 0 Å². The summed E-state index contributed by atoms with van der Waals surface area (Å²) in [6.07, 6.45) is 0. The van der Waals surface area contributed by atoms with Crippen LogP contribution < -0.4 is 0 Å². The molecule has 1 rings (SSSR count). The fourth-order valence-corrected chi connectivity index (χ4v) is 2.16. The Morgan fingerprint density at radius 1 is 1.31 bits per heavy atom. The highest BCUT2D eigenvalue weighted by atomic mass is 32.3. The molecule has 1 aromatic carbocycles. The van der Waals surface area contributed by atoms with E-state index in [1.807, 2.05) is 0 Å². The average molecular weight is 222 g/mol. The maximum Gasteiger partial charge on any atom is 0.307 e. The van der Waals surface area contributed by atoms with E-state index in [-0.39, 0.29) is 16.9 Å². The topological polar surface area (TPSA) is 43.4 Å². The molecule has 0 unspecified atom stereocenters. The SMILES string of the molecule is O=S(=O)(OSCF)c1ccccc1. The molecule has 0 fully saturated rings. The summed E-state index contributed by atoms with van der Waals surface area (Å²) in [4.78, 5) is 0.0240. The van der Waals surface area contributed by atoms with Crippen molar-refractivity contribution in [1.29, 1.82) is 0 Å². The van der Waals surface area contributed by atoms with Gasteiger partial charge in [0, 0.05) is 12.0 Å². The molecule has 0 aliphatic rings. The Hall–Kier alpha value is -0.590. The second kappa shape index (κ2) is 4.59. The Kier molecular flexibility index (Phi) is 3.71. The van der Waals surface area contributed by atoms with E-state index in [9.17, 15) is 12.8 Å². The molecule has 0 aliphatic heterocycles. The number of halogens is 1. The van der Waals surface area contributed by atoms with Gasteiger partial charge in [0.2, 0.25) is 0 Å². The predicted octanol–water partition coefficient (Wildman–Crippen LogP) is 1.97. The molecule has 0 saturated heterocycles. The Morgan fingerprint density at radius 3 is 2.46 bits per heavy atom. The van der Waals surface area contributed by atoms with E-state index in [0.717, 1.165) is 0 Å². The molecular formula is C7H7FO3S2. The van der Waals surface area contributed by atoms with Gasteiger partial charge in [-0.05, 0) is 12.1 Å². The summed E-state index contributed by atoms with van der Waals surface area (Å²) in [5, 5.41) is 0. The summed E-state index contributed by atoms with van der Waals surface area (Å²) in [6.45, 7) is 0. The lowest BCUT2D eigenvalue weighted by Gasteiger charge is -2.00. The van der Waals surface area contributed by atoms with Gasteiger partial charge in [0.25, 0.3) is 0 Å². The highest BCUT2D eigenvalue weighted by molar-refractivity contribution is 8.04. The van der Waals surface area contributed by atoms with Gasteiger partial charge >= 0.3 is 10.1 Å². The molecule has 0 aliphatic carbocycles. The third kappa shape index (κ3) is 2.98. The molecule has 0 radical (unpaired) electrons. The number of hydrogen-bond donors (Lipinski definition) is 0. The zero-order valence-electron chi connectivity index (χ0n) is 6.51. The normalized spacial score (nSPS) is 11.5. The Morgan fingerprint density at radius 2 is 1.92 bits per heavy atom. The van der Waals surface area contributed by atoms with Gasteiger partial charge in [0.1, 0.15) is 0 Å². The molecule has 72 valence electrons. The summed E-state index contributed by atoms with van der Waals surface area (Å²) in [5.41, 5.74) is 0. The first-order valence-electron chi connectivity index (χ1n) is 3.34. The van der Waals surface area contributed by atoms with Crippen molar-refractivity contribution in [1.82, 2.24) is 0 Å². The van der Waals surface area contributed by atoms with Gasteiger partial charge in [-0.15, -0.1) is 0 Å². The Labute approximate surface area is 80.2 Å². The molecule has 0 amide bonds. The van der Waals surface area contributed by atoms with Gasteiger partial charge in [-0.1, -0.05) is 18.2 Å². The number of benzene rings is 1. The van der Waals surface area contributed by atoms with E-state index >= 15 is 0 Å². The fourth-order valence-electron chi connectivity index (χ4n) is 0.708. The van der Waals surface area contributed by atoms with Crippen LogP contribution in [0.2, 0.25) is 0 Å². The number of rotatable bonds is 4. The maximum absolute atomic E-state index is 11.6. The molecule has 3 nitrogen and oxygen atoms in total. The van der Waals surface area contributed by atoms with Gasteiger partial charge in [0.05, 0.1) is 4.90 Å². The van der Waals surface area contributed by atoms with Crippen LogP contribution in [-0.4, -0.2) is 14.4 Å². The molecule has 0 spiro atoms. The van der Waals surface area contributed by atoms with Crippen molar-refractivity contribution in [2.75, 3.05) is 6.01 Å². The number of alkyl halides is 1. The minimum atomic E-state index is -3.80. The number of hydrogen-bond acceptors (Lipinski definition) is 4. The molecule has 6 heteroatoms. The lowest BCUT2D eigenvalue weighted by atomic mass is 10.4. The van der Waals surface area contributed by atoms with Crippen molar-refractivity contribution >= 4 is 22.2 Å². The average Bonchev–Trinajstić information content (AvgIpc) is 2.16. The molecule has 1 aromatic rings. The molecule has 0 N–H and O–H groups in total. The van der Waals surface area contributed by atoms with Crippen molar-refractivity contribution in [3.63, 3.8) is 0 Å². The molecule has 0 bridgehead atoms. The molecular weight excluding hydrogens is 215 g/mol. The minimum absolute atomic E-state index is 0.0240. The molecule has 0 aromatic heterocycles. The summed E-state index contributed by atoms with van der Waals surface area (Å²) in [5.74, 6) is 0. The summed E-state index contributed by atoms with van der Waals surface area (Å²) >= 11 is 0.255. The van der Waals surface area contributed by atoms with Gasteiger partial charge in [-0.25, -0.2) is 4.39 Å². The molecule has 0 saturated carbocycles. The van der Waals surface area contributed by atoms with Crippen LogP contribution in [0.5, 0.6) is 0 Å². The first-order valence-corrected chi connectivity index (χ1v) is 5.66. The second-order valence-corrected chi connectivity index (χ2v) is 4.44. The smallest absolute Gasteiger partial charge is 0.237 e. The maximum atomic E-state index is 11.6. The molecule has 13 heavy (non-hydrogen) atoms. The fraction of sp³-hybridized carbons (Fsp3) is 0.143. The zero-order chi connectivity index (χ0) is 9.73. The molecule has 0 atom stereocenters. The van der Waals surface area contributed by atoms with Gasteiger partial charge in [-0.2, -0.15) is 12.0 Å². The first kappa shape index (κ1) is 10.5. The summed E-state index contributed by atoms with van der Waals surface area (Å²) < 4.78 is 38.3. The minimum Gasteiger partial charge on any atom is -0.237 e. The van der Waals surface area contributed by atoms with Crippen LogP contribution in [0, 0.1) is 0 Å². The Bertz CT molecular complexity index is 349. The van der Waals surface area contributed by atoms with E-state index in [2.05, 4.69) is 3.63 Å².